The van der Waals surface area contributed by atoms with Crippen LogP contribution in [0.5, 0.6) is 0 Å². The lowest BCUT2D eigenvalue weighted by Crippen LogP contribution is -2.59. The molecule has 1 atom stereocenters. The van der Waals surface area contributed by atoms with Gasteiger partial charge in [0.05, 0.1) is 12.1 Å². The van der Waals surface area contributed by atoms with Crippen LogP contribution in [0.3, 0.4) is 0 Å². The van der Waals surface area contributed by atoms with Gasteiger partial charge in [0, 0.05) is 13.6 Å². The predicted molar refractivity (Wildman–Crippen MR) is 48.4 cm³/mol. The normalized spacial score (nSPS) is 35.5. The van der Waals surface area contributed by atoms with Crippen molar-refractivity contribution in [2.75, 3.05) is 33.3 Å². The van der Waals surface area contributed by atoms with Crippen molar-refractivity contribution in [1.29, 1.82) is 0 Å². The minimum Gasteiger partial charge on any atom is -0.362 e. The Hall–Kier alpha value is -0.610. The average molecular weight is 184 g/mol. The molecule has 0 aromatic rings. The summed E-state index contributed by atoms with van der Waals surface area (Å²) in [7, 11) is 1.85. The molecular weight excluding hydrogens is 168 g/mol. The maximum atomic E-state index is 11.2. The fourth-order valence-corrected chi connectivity index (χ4v) is 2.09. The summed E-state index contributed by atoms with van der Waals surface area (Å²) in [6.07, 6.45) is 2.21. The van der Waals surface area contributed by atoms with E-state index in [-0.39, 0.29) is 18.1 Å². The molecule has 2 heterocycles. The van der Waals surface area contributed by atoms with Gasteiger partial charge in [-0.15, -0.1) is 0 Å². The van der Waals surface area contributed by atoms with Gasteiger partial charge in [-0.2, -0.15) is 0 Å². The van der Waals surface area contributed by atoms with Crippen LogP contribution in [0, 0.1) is 0 Å². The lowest BCUT2D eigenvalue weighted by molar-refractivity contribution is -0.163. The van der Waals surface area contributed by atoms with Crippen molar-refractivity contribution >= 4 is 5.91 Å². The highest BCUT2D eigenvalue weighted by Gasteiger charge is 2.39. The molecule has 0 aromatic heterocycles. The Morgan fingerprint density at radius 3 is 3.08 bits per heavy atom. The van der Waals surface area contributed by atoms with Crippen LogP contribution in [-0.4, -0.2) is 49.7 Å². The third kappa shape index (κ3) is 1.69. The Balaban J connectivity index is 2.02. The molecule has 2 saturated heterocycles. The Morgan fingerprint density at radius 1 is 1.62 bits per heavy atom. The van der Waals surface area contributed by atoms with Crippen molar-refractivity contribution in [2.45, 2.75) is 18.4 Å². The second kappa shape index (κ2) is 3.27. The van der Waals surface area contributed by atoms with E-state index in [1.54, 1.807) is 4.90 Å². The number of amides is 1. The molecule has 0 aromatic carbocycles. The van der Waals surface area contributed by atoms with E-state index in [0.29, 0.717) is 0 Å². The molecule has 1 N–H and O–H groups in total. The number of morpholine rings is 1. The third-order valence-corrected chi connectivity index (χ3v) is 2.89. The van der Waals surface area contributed by atoms with Crippen molar-refractivity contribution < 1.29 is 9.53 Å². The van der Waals surface area contributed by atoms with Crippen LogP contribution in [-0.2, 0) is 9.53 Å². The average Bonchev–Trinajstić information content (AvgIpc) is 2.14. The summed E-state index contributed by atoms with van der Waals surface area (Å²) in [4.78, 5) is 13.0. The molecule has 4 nitrogen and oxygen atoms in total. The van der Waals surface area contributed by atoms with Crippen LogP contribution >= 0.6 is 0 Å². The smallest absolute Gasteiger partial charge is 0.248 e. The van der Waals surface area contributed by atoms with Gasteiger partial charge in [-0.1, -0.05) is 0 Å². The first-order chi connectivity index (χ1) is 6.22. The minimum atomic E-state index is -0.0963. The molecule has 0 aliphatic carbocycles. The molecule has 4 heteroatoms. The SMILES string of the molecule is CN1CC2(CCCNC2)OCC1=O. The van der Waals surface area contributed by atoms with E-state index in [9.17, 15) is 4.79 Å². The van der Waals surface area contributed by atoms with Crippen LogP contribution < -0.4 is 5.32 Å². The monoisotopic (exact) mass is 184 g/mol. The molecule has 0 radical (unpaired) electrons. The molecule has 2 rings (SSSR count). The molecule has 2 aliphatic heterocycles. The van der Waals surface area contributed by atoms with Crippen LogP contribution in [0.2, 0.25) is 0 Å². The molecule has 74 valence electrons. The number of nitrogens with one attached hydrogen (secondary N) is 1. The topological polar surface area (TPSA) is 41.6 Å². The number of piperidine rings is 1. The maximum Gasteiger partial charge on any atom is 0.248 e. The second-order valence-corrected chi connectivity index (χ2v) is 4.00. The molecule has 1 amide bonds. The van der Waals surface area contributed by atoms with Gasteiger partial charge >= 0.3 is 0 Å². The van der Waals surface area contributed by atoms with Crippen molar-refractivity contribution in [1.82, 2.24) is 10.2 Å². The Kier molecular flexibility index (Phi) is 2.26. The van der Waals surface area contributed by atoms with E-state index in [4.69, 9.17) is 4.74 Å². The summed E-state index contributed by atoms with van der Waals surface area (Å²) >= 11 is 0. The second-order valence-electron chi connectivity index (χ2n) is 4.00. The van der Waals surface area contributed by atoms with E-state index in [1.807, 2.05) is 7.05 Å². The summed E-state index contributed by atoms with van der Waals surface area (Å²) in [5, 5.41) is 3.32. The summed E-state index contributed by atoms with van der Waals surface area (Å²) in [6.45, 7) is 2.93. The molecular formula is C9H16N2O2. The molecule has 1 unspecified atom stereocenters. The van der Waals surface area contributed by atoms with Gasteiger partial charge in [-0.25, -0.2) is 0 Å². The quantitative estimate of drug-likeness (QED) is 0.557. The zero-order chi connectivity index (χ0) is 9.31. The van der Waals surface area contributed by atoms with Gasteiger partial charge in [-0.3, -0.25) is 4.79 Å². The third-order valence-electron chi connectivity index (χ3n) is 2.89. The highest BCUT2D eigenvalue weighted by atomic mass is 16.5. The number of nitrogens with zero attached hydrogens (tertiary/aromatic N) is 1. The van der Waals surface area contributed by atoms with Crippen molar-refractivity contribution in [3.8, 4) is 0 Å². The molecule has 2 aliphatic rings. The van der Waals surface area contributed by atoms with Crippen molar-refractivity contribution in [3.63, 3.8) is 0 Å². The van der Waals surface area contributed by atoms with Gasteiger partial charge in [0.2, 0.25) is 5.91 Å². The van der Waals surface area contributed by atoms with E-state index in [1.165, 1.54) is 0 Å². The Morgan fingerprint density at radius 2 is 2.46 bits per heavy atom. The van der Waals surface area contributed by atoms with Crippen molar-refractivity contribution in [2.24, 2.45) is 0 Å². The molecule has 0 bridgehead atoms. The number of likely N-dealkylation sites (N-methyl/N-ethyl adjacent to an activating group) is 1. The number of hydrogen-bond acceptors (Lipinski definition) is 3. The lowest BCUT2D eigenvalue weighted by Gasteiger charge is -2.43. The van der Waals surface area contributed by atoms with Gasteiger partial charge in [-0.05, 0) is 19.4 Å². The number of ether oxygens (including phenoxy) is 1. The molecule has 1 spiro atoms. The van der Waals surface area contributed by atoms with Gasteiger partial charge in [0.25, 0.3) is 0 Å². The van der Waals surface area contributed by atoms with Crippen LogP contribution in [0.1, 0.15) is 12.8 Å². The van der Waals surface area contributed by atoms with Gasteiger partial charge in [0.1, 0.15) is 6.61 Å². The zero-order valence-corrected chi connectivity index (χ0v) is 8.01. The van der Waals surface area contributed by atoms with Gasteiger partial charge < -0.3 is 15.0 Å². The molecule has 2 fully saturated rings. The lowest BCUT2D eigenvalue weighted by atomic mass is 9.92. The largest absolute Gasteiger partial charge is 0.362 e. The predicted octanol–water partition coefficient (Wildman–Crippen LogP) is -0.403. The van der Waals surface area contributed by atoms with E-state index in [0.717, 1.165) is 32.5 Å². The van der Waals surface area contributed by atoms with E-state index < -0.39 is 0 Å². The first-order valence-electron chi connectivity index (χ1n) is 4.81. The summed E-state index contributed by atoms with van der Waals surface area (Å²) in [5.41, 5.74) is -0.0963. The number of carbonyl (C=O) groups is 1. The van der Waals surface area contributed by atoms with Crippen LogP contribution in [0.25, 0.3) is 0 Å². The first kappa shape index (κ1) is 8.97. The number of rotatable bonds is 0. The highest BCUT2D eigenvalue weighted by molar-refractivity contribution is 5.78. The first-order valence-corrected chi connectivity index (χ1v) is 4.81. The Labute approximate surface area is 78.2 Å². The van der Waals surface area contributed by atoms with Crippen LogP contribution in [0.4, 0.5) is 0 Å². The number of carbonyl (C=O) groups excluding carboxylic acids is 1. The highest BCUT2D eigenvalue weighted by Crippen LogP contribution is 2.24. The van der Waals surface area contributed by atoms with Gasteiger partial charge in [0.15, 0.2) is 0 Å². The molecule has 0 saturated carbocycles. The van der Waals surface area contributed by atoms with E-state index >= 15 is 0 Å². The fourth-order valence-electron chi connectivity index (χ4n) is 2.09. The zero-order valence-electron chi connectivity index (χ0n) is 8.01. The number of hydrogen-bond donors (Lipinski definition) is 1. The molecule has 13 heavy (non-hydrogen) atoms. The summed E-state index contributed by atoms with van der Waals surface area (Å²) in [5.74, 6) is 0.0937. The standard InChI is InChI=1S/C9H16N2O2/c1-11-7-9(13-5-8(11)12)3-2-4-10-6-9/h10H,2-7H2,1H3. The van der Waals surface area contributed by atoms with Crippen molar-refractivity contribution in [3.05, 3.63) is 0 Å². The Bertz CT molecular complexity index is 212. The summed E-state index contributed by atoms with van der Waals surface area (Å²) < 4.78 is 5.64. The fraction of sp³-hybridized carbons (Fsp3) is 0.889. The minimum absolute atomic E-state index is 0.0937. The van der Waals surface area contributed by atoms with Crippen LogP contribution in [0.15, 0.2) is 0 Å². The maximum absolute atomic E-state index is 11.2. The van der Waals surface area contributed by atoms with E-state index in [2.05, 4.69) is 5.32 Å². The summed E-state index contributed by atoms with van der Waals surface area (Å²) in [6, 6.07) is 0.